The molecule has 9 aliphatic rings. The number of likely N-dealkylation sites (tertiary alicyclic amines) is 3. The van der Waals surface area contributed by atoms with Gasteiger partial charge >= 0.3 is 0 Å². The van der Waals surface area contributed by atoms with Crippen molar-refractivity contribution < 1.29 is 51.9 Å². The number of alkyl halides is 2. The first-order valence-corrected chi connectivity index (χ1v) is 54.1. The lowest BCUT2D eigenvalue weighted by molar-refractivity contribution is -0.139. The second-order valence-corrected chi connectivity index (χ2v) is 44.9. The number of nitrogens with zero attached hydrogens (tertiary/aromatic N) is 21. The molecule has 35 heteroatoms. The summed E-state index contributed by atoms with van der Waals surface area (Å²) in [4.78, 5) is 177. The molecule has 12 aromatic rings. The van der Waals surface area contributed by atoms with Crippen LogP contribution in [0, 0.1) is 43.9 Å². The Labute approximate surface area is 890 Å². The van der Waals surface area contributed by atoms with Crippen LogP contribution < -0.4 is 0 Å². The van der Waals surface area contributed by atoms with Crippen molar-refractivity contribution in [3.8, 4) is 33.4 Å². The summed E-state index contributed by atoms with van der Waals surface area (Å²) in [5.41, 5.74) is 12.8. The SMILES string of the molecule is CC(=O)c1nn(CC(=O)N2C3C[C@]34C[C@H]2C(=O)Cc2nc(Br)ccc2CC=CCCCCN(C)C4)c2c(CF)cc(-c3cnc(C)nc3)cc12.CC(=O)c1nn(CC(=O)N2[C@H]3C[C@]4(C[C@@H]24)CN(C)CCCCC=CCc2ccc(Br)nc2CC3=O)c2c(C)cc(-c3cnc(C)nc3)cc12.CC(=O)c1nn(CC(=O)N2[C@H]3C[C@]4(C[C@@H]24)CN(C)CCCCC=CCc2ccc(Br)nc2CC3=O)c2c(CF)cc(-c3cnc(C)nc3)cc12. The number of amides is 3. The average molecular weight is 2210 g/mol. The first kappa shape index (κ1) is 105. The van der Waals surface area contributed by atoms with Crippen molar-refractivity contribution in [3.05, 3.63) is 245 Å². The third-order valence-corrected chi connectivity index (χ3v) is 32.8. The van der Waals surface area contributed by atoms with Crippen LogP contribution in [0.5, 0.6) is 0 Å². The highest BCUT2D eigenvalue weighted by Gasteiger charge is 2.70. The van der Waals surface area contributed by atoms with Gasteiger partial charge in [-0.3, -0.25) is 57.2 Å². The lowest BCUT2D eigenvalue weighted by Crippen LogP contribution is -2.45. The third-order valence-electron chi connectivity index (χ3n) is 31.5. The molecule has 9 atom stereocenters. The molecule has 3 saturated carbocycles. The number of pyridine rings is 3. The van der Waals surface area contributed by atoms with Gasteiger partial charge in [0.1, 0.15) is 81.3 Å². The molecule has 6 fully saturated rings. The number of piperidine rings is 3. The lowest BCUT2D eigenvalue weighted by atomic mass is 9.93. The number of ketones is 6. The molecule has 3 spiro atoms. The number of halogens is 5. The Morgan fingerprint density at radius 2 is 0.658 bits per heavy atom. The molecule has 1 unspecified atom stereocenters. The summed E-state index contributed by atoms with van der Waals surface area (Å²) >= 11 is 10.5. The van der Waals surface area contributed by atoms with Gasteiger partial charge in [-0.1, -0.05) is 54.7 Å². The van der Waals surface area contributed by atoms with E-state index >= 15 is 0 Å². The zero-order valence-electron chi connectivity index (χ0n) is 85.9. The smallest absolute Gasteiger partial charge is 0.245 e. The molecular weight excluding hydrogens is 2090 g/mol. The molecule has 9 aromatic heterocycles. The van der Waals surface area contributed by atoms with Crippen molar-refractivity contribution in [2.45, 2.75) is 253 Å². The summed E-state index contributed by atoms with van der Waals surface area (Å²) < 4.78 is 36.1. The maximum absolute atomic E-state index is 14.8. The van der Waals surface area contributed by atoms with Gasteiger partial charge in [0, 0.05) is 156 Å². The van der Waals surface area contributed by atoms with E-state index in [-0.39, 0.29) is 137 Å². The lowest BCUT2D eigenvalue weighted by Gasteiger charge is -2.27. The molecule has 0 N–H and O–H groups in total. The summed E-state index contributed by atoms with van der Waals surface area (Å²) in [5, 5.41) is 15.5. The number of hydrogen-bond acceptors (Lipinski definition) is 24. The van der Waals surface area contributed by atoms with E-state index < -0.39 is 31.5 Å². The van der Waals surface area contributed by atoms with Crippen LogP contribution in [0.2, 0.25) is 0 Å². The van der Waals surface area contributed by atoms with Gasteiger partial charge in [0.25, 0.3) is 0 Å². The van der Waals surface area contributed by atoms with E-state index in [0.717, 1.165) is 161 Å². The molecule has 149 heavy (non-hydrogen) atoms. The Morgan fingerprint density at radius 1 is 0.369 bits per heavy atom. The fraction of sp³-hybridized carbons (Fsp3) is 0.447. The molecule has 6 bridgehead atoms. The zero-order chi connectivity index (χ0) is 105. The summed E-state index contributed by atoms with van der Waals surface area (Å²) in [5.74, 6) is 0.380. The number of Topliss-reactive ketones (excluding diaryl/α,β-unsaturated/α-hetero) is 6. The van der Waals surface area contributed by atoms with Crippen LogP contribution in [0.1, 0.15) is 216 Å². The average Bonchev–Trinajstić information content (AvgIpc) is 1.54. The third kappa shape index (κ3) is 22.5. The number of fused-ring (bicyclic) bond motifs is 9. The van der Waals surface area contributed by atoms with Gasteiger partial charge in [0.05, 0.1) is 71.0 Å². The van der Waals surface area contributed by atoms with E-state index in [4.69, 9.17) is 20.1 Å². The first-order chi connectivity index (χ1) is 71.6. The van der Waals surface area contributed by atoms with E-state index in [1.165, 1.54) is 30.1 Å². The number of hydrogen-bond donors (Lipinski definition) is 0. The van der Waals surface area contributed by atoms with E-state index in [9.17, 15) is 51.9 Å². The number of carbonyl (C=O) groups excluding carboxylic acids is 9. The van der Waals surface area contributed by atoms with E-state index in [1.54, 1.807) is 89.8 Å². The Kier molecular flexibility index (Phi) is 31.2. The molecule has 6 aliphatic heterocycles. The standard InChI is InChI=1S/2C38H41BrFN7O3.C38H42BrN7O3/c2*1-23(48)36-29-14-26(28-19-41-24(2)42-20-28)13-27(18-40)37(29)46(44-36)21-35(50)47-31-16-38(17-33(38)47)22-45(3)12-8-6-4-5-7-9-25-10-11-34(39)43-30(25)15-32(31)49;1-23-14-27(28-19-40-25(3)41-20-28)15-29-36(24(2)47)43-45(37(23)29)21-35(49)46-31-17-38(18-33(38)46)22-44(4)13-9-7-5-6-8-10-26-11-12-34(39)42-30(26)16-32(31)48/h2*5,7,10-11,13-14,19-20,31,33H,4,6,8-9,12,15-18,21-22H2,1-3H3;6,8,11-12,14-15,19-20,31,33H,5,7,9-10,13,16-18,21-22H2,1-4H3/t31-,33?,38-;2*31-,33+,38-/m000/s1. The van der Waals surface area contributed by atoms with Crippen molar-refractivity contribution in [3.63, 3.8) is 0 Å². The van der Waals surface area contributed by atoms with E-state index in [2.05, 4.69) is 160 Å². The summed E-state index contributed by atoms with van der Waals surface area (Å²) in [6, 6.07) is 20.7. The fourth-order valence-electron chi connectivity index (χ4n) is 24.0. The highest BCUT2D eigenvalue weighted by Crippen LogP contribution is 2.63. The summed E-state index contributed by atoms with van der Waals surface area (Å²) in [7, 11) is 6.40. The number of allylic oxidation sites excluding steroid dienone is 6. The van der Waals surface area contributed by atoms with Gasteiger partial charge < -0.3 is 29.4 Å². The van der Waals surface area contributed by atoms with Gasteiger partial charge in [-0.05, 0) is 325 Å². The van der Waals surface area contributed by atoms with Crippen LogP contribution >= 0.6 is 47.8 Å². The number of rotatable bonds is 14. The highest BCUT2D eigenvalue weighted by atomic mass is 79.9. The minimum absolute atomic E-state index is 0.00738. The fourth-order valence-corrected chi connectivity index (χ4v) is 25.1. The van der Waals surface area contributed by atoms with Gasteiger partial charge in [-0.25, -0.2) is 53.6 Å². The maximum Gasteiger partial charge on any atom is 0.245 e. The molecule has 0 radical (unpaired) electrons. The van der Waals surface area contributed by atoms with Crippen molar-refractivity contribution in [1.29, 1.82) is 0 Å². The van der Waals surface area contributed by atoms with Crippen LogP contribution in [0.25, 0.3) is 66.1 Å². The molecule has 3 aromatic carbocycles. The van der Waals surface area contributed by atoms with Crippen molar-refractivity contribution in [2.24, 2.45) is 16.2 Å². The van der Waals surface area contributed by atoms with Gasteiger partial charge in [-0.15, -0.1) is 0 Å². The summed E-state index contributed by atoms with van der Waals surface area (Å²) in [6.45, 7) is 14.9. The molecule has 21 rings (SSSR count). The quantitative estimate of drug-likeness (QED) is 0.0554. The Bertz CT molecular complexity index is 7090. The highest BCUT2D eigenvalue weighted by molar-refractivity contribution is 9.11. The summed E-state index contributed by atoms with van der Waals surface area (Å²) in [6.07, 6.45) is 39.7. The van der Waals surface area contributed by atoms with Crippen LogP contribution in [0.3, 0.4) is 0 Å². The zero-order valence-corrected chi connectivity index (χ0v) is 90.7. The topological polar surface area (TPSA) is 343 Å². The van der Waals surface area contributed by atoms with Crippen molar-refractivity contribution in [2.75, 3.05) is 60.4 Å². The largest absolute Gasteiger partial charge is 0.327 e. The number of aromatic nitrogens is 15. The van der Waals surface area contributed by atoms with Crippen LogP contribution in [-0.4, -0.2) is 253 Å². The minimum atomic E-state index is -0.825. The molecule has 774 valence electrons. The molecule has 3 amide bonds. The molecular formula is C114H124Br3F2N21O9. The predicted molar refractivity (Wildman–Crippen MR) is 574 cm³/mol. The predicted octanol–water partition coefficient (Wildman–Crippen LogP) is 17.9. The normalized spacial score (nSPS) is 22.9. The van der Waals surface area contributed by atoms with Crippen molar-refractivity contribution >= 4 is 133 Å². The second kappa shape index (κ2) is 44.3. The number of aryl methyl sites for hydroxylation is 4. The van der Waals surface area contributed by atoms with Crippen LogP contribution in [0.15, 0.2) is 160 Å². The van der Waals surface area contributed by atoms with Crippen molar-refractivity contribution in [1.82, 2.24) is 104 Å². The van der Waals surface area contributed by atoms with Crippen LogP contribution in [0.4, 0.5) is 8.78 Å². The van der Waals surface area contributed by atoms with Gasteiger partial charge in [-0.2, -0.15) is 15.3 Å². The molecule has 3 saturated heterocycles. The maximum atomic E-state index is 14.8. The van der Waals surface area contributed by atoms with E-state index in [0.29, 0.717) is 147 Å². The molecule has 3 aliphatic carbocycles. The monoisotopic (exact) mass is 2210 g/mol. The Balaban J connectivity index is 0.000000140. The van der Waals surface area contributed by atoms with E-state index in [1.807, 2.05) is 67.3 Å². The second-order valence-electron chi connectivity index (χ2n) is 42.4. The number of carbonyl (C=O) groups is 9. The van der Waals surface area contributed by atoms with Crippen LogP contribution in [-0.2, 0) is 100 Å². The Hall–Kier alpha value is -12.4. The Morgan fingerprint density at radius 3 is 0.953 bits per heavy atom. The molecule has 30 nitrogen and oxygen atoms in total. The first-order valence-electron chi connectivity index (χ1n) is 51.7. The molecule has 15 heterocycles. The van der Waals surface area contributed by atoms with Gasteiger partial charge in [0.15, 0.2) is 34.7 Å². The number of benzene rings is 3. The van der Waals surface area contributed by atoms with Gasteiger partial charge in [0.2, 0.25) is 17.7 Å². The minimum Gasteiger partial charge on any atom is -0.327 e.